The lowest BCUT2D eigenvalue weighted by atomic mass is 9.85. The first-order chi connectivity index (χ1) is 8.90. The molecular formula is C17H29NO. The summed E-state index contributed by atoms with van der Waals surface area (Å²) < 4.78 is 5.51. The van der Waals surface area contributed by atoms with Crippen molar-refractivity contribution in [3.63, 3.8) is 0 Å². The number of aryl methyl sites for hydroxylation is 1. The summed E-state index contributed by atoms with van der Waals surface area (Å²) in [7, 11) is 1.74. The molecule has 2 N–H and O–H groups in total. The smallest absolute Gasteiger partial charge is 0.122 e. The summed E-state index contributed by atoms with van der Waals surface area (Å²) in [6.45, 7) is 11.8. The maximum Gasteiger partial charge on any atom is 0.122 e. The summed E-state index contributed by atoms with van der Waals surface area (Å²) in [4.78, 5) is 0. The number of nitrogens with two attached hydrogens (primary N) is 1. The fourth-order valence-electron chi connectivity index (χ4n) is 2.70. The lowest BCUT2D eigenvalue weighted by Gasteiger charge is -2.23. The summed E-state index contributed by atoms with van der Waals surface area (Å²) in [6, 6.07) is 4.46. The van der Waals surface area contributed by atoms with Crippen molar-refractivity contribution in [1.82, 2.24) is 0 Å². The second-order valence-corrected chi connectivity index (χ2v) is 6.17. The van der Waals surface area contributed by atoms with Crippen molar-refractivity contribution in [2.45, 2.75) is 52.9 Å². The topological polar surface area (TPSA) is 35.2 Å². The van der Waals surface area contributed by atoms with Gasteiger partial charge in [0.25, 0.3) is 0 Å². The molecule has 0 radical (unpaired) electrons. The predicted molar refractivity (Wildman–Crippen MR) is 83.1 cm³/mol. The Morgan fingerprint density at radius 1 is 1.11 bits per heavy atom. The van der Waals surface area contributed by atoms with Gasteiger partial charge >= 0.3 is 0 Å². The molecule has 0 aliphatic rings. The van der Waals surface area contributed by atoms with Gasteiger partial charge in [0.2, 0.25) is 0 Å². The molecule has 0 saturated heterocycles. The molecule has 0 aliphatic heterocycles. The van der Waals surface area contributed by atoms with Gasteiger partial charge in [-0.1, -0.05) is 33.8 Å². The van der Waals surface area contributed by atoms with Crippen LogP contribution >= 0.6 is 0 Å². The largest absolute Gasteiger partial charge is 0.496 e. The summed E-state index contributed by atoms with van der Waals surface area (Å²) in [5.74, 6) is 2.57. The fraction of sp³-hybridized carbons (Fsp3) is 0.647. The van der Waals surface area contributed by atoms with Crippen LogP contribution < -0.4 is 10.5 Å². The molecule has 0 aromatic heterocycles. The molecule has 2 heteroatoms. The number of methoxy groups -OCH3 is 1. The number of rotatable bonds is 6. The van der Waals surface area contributed by atoms with Gasteiger partial charge in [-0.05, 0) is 60.4 Å². The molecule has 0 aliphatic carbocycles. The molecule has 108 valence electrons. The standard InChI is InChI=1S/C17H29NO/c1-11(2)7-14(10-18)16-9-15(12(3)4)17(19-6)8-13(16)5/h8-9,11-12,14H,7,10,18H2,1-6H3. The minimum atomic E-state index is 0.448. The van der Waals surface area contributed by atoms with Gasteiger partial charge < -0.3 is 10.5 Å². The van der Waals surface area contributed by atoms with Gasteiger partial charge in [-0.2, -0.15) is 0 Å². The number of hydrogen-bond donors (Lipinski definition) is 1. The quantitative estimate of drug-likeness (QED) is 0.834. The third-order valence-electron chi connectivity index (χ3n) is 3.72. The Kier molecular flexibility index (Phi) is 5.86. The Morgan fingerprint density at radius 2 is 1.74 bits per heavy atom. The molecule has 1 rings (SSSR count). The van der Waals surface area contributed by atoms with Crippen molar-refractivity contribution < 1.29 is 4.74 Å². The zero-order valence-electron chi connectivity index (χ0n) is 13.3. The number of benzene rings is 1. The minimum Gasteiger partial charge on any atom is -0.496 e. The minimum absolute atomic E-state index is 0.448. The van der Waals surface area contributed by atoms with E-state index in [-0.39, 0.29) is 0 Å². The lowest BCUT2D eigenvalue weighted by Crippen LogP contribution is -2.16. The second-order valence-electron chi connectivity index (χ2n) is 6.17. The van der Waals surface area contributed by atoms with Crippen molar-refractivity contribution in [2.75, 3.05) is 13.7 Å². The van der Waals surface area contributed by atoms with Crippen LogP contribution in [0, 0.1) is 12.8 Å². The van der Waals surface area contributed by atoms with Crippen LogP contribution in [0.3, 0.4) is 0 Å². The van der Waals surface area contributed by atoms with E-state index >= 15 is 0 Å². The Bertz CT molecular complexity index is 410. The van der Waals surface area contributed by atoms with E-state index in [4.69, 9.17) is 10.5 Å². The molecule has 0 spiro atoms. The summed E-state index contributed by atoms with van der Waals surface area (Å²) in [6.07, 6.45) is 1.14. The molecule has 1 aromatic carbocycles. The summed E-state index contributed by atoms with van der Waals surface area (Å²) in [5.41, 5.74) is 9.95. The van der Waals surface area contributed by atoms with Crippen molar-refractivity contribution >= 4 is 0 Å². The van der Waals surface area contributed by atoms with Gasteiger partial charge in [-0.25, -0.2) is 0 Å². The molecule has 0 bridgehead atoms. The number of ether oxygens (including phenoxy) is 1. The van der Waals surface area contributed by atoms with Crippen LogP contribution in [0.2, 0.25) is 0 Å². The van der Waals surface area contributed by atoms with Crippen LogP contribution in [-0.4, -0.2) is 13.7 Å². The Balaban J connectivity index is 3.22. The van der Waals surface area contributed by atoms with Crippen molar-refractivity contribution in [2.24, 2.45) is 11.7 Å². The van der Waals surface area contributed by atoms with Crippen LogP contribution in [0.4, 0.5) is 0 Å². The van der Waals surface area contributed by atoms with E-state index in [0.29, 0.717) is 24.3 Å². The highest BCUT2D eigenvalue weighted by molar-refractivity contribution is 5.45. The third kappa shape index (κ3) is 3.97. The molecule has 0 heterocycles. The molecule has 2 nitrogen and oxygen atoms in total. The highest BCUT2D eigenvalue weighted by atomic mass is 16.5. The number of hydrogen-bond acceptors (Lipinski definition) is 2. The highest BCUT2D eigenvalue weighted by Crippen LogP contribution is 2.34. The second kappa shape index (κ2) is 6.95. The fourth-order valence-corrected chi connectivity index (χ4v) is 2.70. The van der Waals surface area contributed by atoms with E-state index < -0.39 is 0 Å². The van der Waals surface area contributed by atoms with E-state index in [9.17, 15) is 0 Å². The zero-order valence-corrected chi connectivity index (χ0v) is 13.3. The maximum atomic E-state index is 5.99. The van der Waals surface area contributed by atoms with E-state index in [1.165, 1.54) is 16.7 Å². The molecular weight excluding hydrogens is 234 g/mol. The van der Waals surface area contributed by atoms with E-state index in [1.54, 1.807) is 7.11 Å². The van der Waals surface area contributed by atoms with Gasteiger partial charge in [0.15, 0.2) is 0 Å². The molecule has 0 amide bonds. The molecule has 1 unspecified atom stereocenters. The molecule has 0 fully saturated rings. The lowest BCUT2D eigenvalue weighted by molar-refractivity contribution is 0.406. The Hall–Kier alpha value is -1.02. The normalized spacial score (nSPS) is 13.1. The van der Waals surface area contributed by atoms with Crippen LogP contribution in [0.5, 0.6) is 5.75 Å². The summed E-state index contributed by atoms with van der Waals surface area (Å²) >= 11 is 0. The van der Waals surface area contributed by atoms with Gasteiger partial charge in [0.05, 0.1) is 7.11 Å². The Morgan fingerprint density at radius 3 is 2.16 bits per heavy atom. The van der Waals surface area contributed by atoms with Gasteiger partial charge in [0.1, 0.15) is 5.75 Å². The first-order valence-corrected chi connectivity index (χ1v) is 7.29. The van der Waals surface area contributed by atoms with Crippen LogP contribution in [-0.2, 0) is 0 Å². The van der Waals surface area contributed by atoms with Crippen molar-refractivity contribution in [3.05, 3.63) is 28.8 Å². The third-order valence-corrected chi connectivity index (χ3v) is 3.72. The molecule has 1 aromatic rings. The maximum absolute atomic E-state index is 5.99. The van der Waals surface area contributed by atoms with E-state index in [2.05, 4.69) is 46.8 Å². The van der Waals surface area contributed by atoms with Crippen molar-refractivity contribution in [3.8, 4) is 5.75 Å². The zero-order chi connectivity index (χ0) is 14.6. The van der Waals surface area contributed by atoms with Gasteiger partial charge in [0, 0.05) is 0 Å². The first kappa shape index (κ1) is 16.0. The van der Waals surface area contributed by atoms with Crippen molar-refractivity contribution in [1.29, 1.82) is 0 Å². The molecule has 1 atom stereocenters. The molecule has 19 heavy (non-hydrogen) atoms. The predicted octanol–water partition coefficient (Wildman–Crippen LogP) is 4.22. The van der Waals surface area contributed by atoms with Crippen LogP contribution in [0.15, 0.2) is 12.1 Å². The van der Waals surface area contributed by atoms with Crippen LogP contribution in [0.1, 0.15) is 62.6 Å². The average molecular weight is 263 g/mol. The highest BCUT2D eigenvalue weighted by Gasteiger charge is 2.18. The van der Waals surface area contributed by atoms with Gasteiger partial charge in [-0.3, -0.25) is 0 Å². The van der Waals surface area contributed by atoms with Gasteiger partial charge in [-0.15, -0.1) is 0 Å². The first-order valence-electron chi connectivity index (χ1n) is 7.29. The SMILES string of the molecule is COc1cc(C)c(C(CN)CC(C)C)cc1C(C)C. The van der Waals surface area contributed by atoms with E-state index in [1.807, 2.05) is 0 Å². The van der Waals surface area contributed by atoms with E-state index in [0.717, 1.165) is 12.2 Å². The Labute approximate surface area is 118 Å². The molecule has 0 saturated carbocycles. The van der Waals surface area contributed by atoms with Crippen LogP contribution in [0.25, 0.3) is 0 Å². The monoisotopic (exact) mass is 263 g/mol. The summed E-state index contributed by atoms with van der Waals surface area (Å²) in [5, 5.41) is 0. The average Bonchev–Trinajstić information content (AvgIpc) is 2.35.